The Bertz CT molecular complexity index is 847. The number of aryl methyl sites for hydroxylation is 1. The van der Waals surface area contributed by atoms with Crippen LogP contribution in [0.4, 0.5) is 5.69 Å². The molecule has 2 aromatic carbocycles. The van der Waals surface area contributed by atoms with Crippen molar-refractivity contribution in [2.75, 3.05) is 51.7 Å². The maximum atomic E-state index is 12.5. The number of nitrogens with one attached hydrogen (secondary N) is 1. The Balaban J connectivity index is 1.44. The molecule has 1 N–H and O–H groups in total. The summed E-state index contributed by atoms with van der Waals surface area (Å²) < 4.78 is 5.33. The molecule has 0 aromatic heterocycles. The van der Waals surface area contributed by atoms with Crippen molar-refractivity contribution in [3.63, 3.8) is 0 Å². The van der Waals surface area contributed by atoms with Crippen molar-refractivity contribution in [2.45, 2.75) is 6.92 Å². The van der Waals surface area contributed by atoms with Crippen molar-refractivity contribution in [2.24, 2.45) is 0 Å². The fraction of sp³-hybridized carbons (Fsp3) is 0.348. The van der Waals surface area contributed by atoms with E-state index in [4.69, 9.17) is 16.3 Å². The highest BCUT2D eigenvalue weighted by molar-refractivity contribution is 6.31. The minimum absolute atomic E-state index is 0.0394. The van der Waals surface area contributed by atoms with Crippen molar-refractivity contribution in [1.82, 2.24) is 9.80 Å². The highest BCUT2D eigenvalue weighted by Gasteiger charge is 2.19. The molecule has 0 atom stereocenters. The Kier molecular flexibility index (Phi) is 7.69. The molecule has 1 aliphatic rings. The number of hydrogen-bond acceptors (Lipinski definition) is 4. The first-order valence-electron chi connectivity index (χ1n) is 9.85. The average Bonchev–Trinajstić information content (AvgIpc) is 2.72. The number of rotatable bonds is 7. The van der Waals surface area contributed by atoms with E-state index < -0.39 is 0 Å². The van der Waals surface area contributed by atoms with Crippen LogP contribution in [0.2, 0.25) is 5.02 Å². The molecule has 1 amide bonds. The molecule has 1 fully saturated rings. The molecule has 154 valence electrons. The molecular weight excluding hydrogens is 386 g/mol. The monoisotopic (exact) mass is 413 g/mol. The van der Waals surface area contributed by atoms with Gasteiger partial charge in [0.25, 0.3) is 0 Å². The summed E-state index contributed by atoms with van der Waals surface area (Å²) in [6.07, 6.45) is 4.36. The molecule has 2 aromatic rings. The fourth-order valence-electron chi connectivity index (χ4n) is 3.35. The lowest BCUT2D eigenvalue weighted by atomic mass is 10.2. The maximum absolute atomic E-state index is 12.5. The number of carbonyl (C=O) groups is 1. The number of nitrogens with zero attached hydrogens (tertiary/aromatic N) is 2. The fourth-order valence-corrected chi connectivity index (χ4v) is 3.51. The highest BCUT2D eigenvalue weighted by Crippen LogP contribution is 2.30. The van der Waals surface area contributed by atoms with Crippen LogP contribution >= 0.6 is 11.6 Å². The topological polar surface area (TPSA) is 44.8 Å². The molecule has 0 radical (unpaired) electrons. The number of carbonyl (C=O) groups excluding carboxylic acids is 1. The minimum atomic E-state index is -0.0394. The quantitative estimate of drug-likeness (QED) is 0.747. The Morgan fingerprint density at radius 1 is 1.14 bits per heavy atom. The molecule has 0 saturated carbocycles. The standard InChI is InChI=1S/C23H28ClN3O2/c1-18-15-21(22(29-2)16-20(18)24)25-23(28)17-27-13-11-26(12-14-27)10-6-9-19-7-4-3-5-8-19/h3-9,15-16H,10-14,17H2,1-2H3,(H,25,28). The van der Waals surface area contributed by atoms with Gasteiger partial charge in [-0.15, -0.1) is 0 Å². The van der Waals surface area contributed by atoms with Crippen molar-refractivity contribution >= 4 is 29.3 Å². The third-order valence-corrected chi connectivity index (χ3v) is 5.47. The molecule has 1 heterocycles. The first-order chi connectivity index (χ1) is 14.0. The number of halogens is 1. The third-order valence-electron chi connectivity index (χ3n) is 5.06. The summed E-state index contributed by atoms with van der Waals surface area (Å²) in [4.78, 5) is 17.1. The van der Waals surface area contributed by atoms with Gasteiger partial charge in [0.2, 0.25) is 5.91 Å². The molecule has 0 aliphatic carbocycles. The lowest BCUT2D eigenvalue weighted by molar-refractivity contribution is -0.117. The van der Waals surface area contributed by atoms with Gasteiger partial charge in [0.1, 0.15) is 5.75 Å². The smallest absolute Gasteiger partial charge is 0.238 e. The second-order valence-electron chi connectivity index (χ2n) is 7.24. The molecule has 0 bridgehead atoms. The molecule has 0 unspecified atom stereocenters. The Hall–Kier alpha value is -2.34. The number of anilines is 1. The molecule has 6 heteroatoms. The van der Waals surface area contributed by atoms with Crippen LogP contribution in [-0.2, 0) is 4.79 Å². The first-order valence-corrected chi connectivity index (χ1v) is 10.2. The molecule has 1 saturated heterocycles. The first kappa shape index (κ1) is 21.4. The van der Waals surface area contributed by atoms with E-state index in [1.165, 1.54) is 5.56 Å². The summed E-state index contributed by atoms with van der Waals surface area (Å²) in [5.41, 5.74) is 2.78. The lowest BCUT2D eigenvalue weighted by Crippen LogP contribution is -2.48. The van der Waals surface area contributed by atoms with Gasteiger partial charge in [0.15, 0.2) is 0 Å². The van der Waals surface area contributed by atoms with E-state index in [2.05, 4.69) is 39.4 Å². The Labute approximate surface area is 177 Å². The van der Waals surface area contributed by atoms with E-state index in [0.29, 0.717) is 23.0 Å². The van der Waals surface area contributed by atoms with Crippen LogP contribution in [0.1, 0.15) is 11.1 Å². The van der Waals surface area contributed by atoms with E-state index in [1.54, 1.807) is 13.2 Å². The van der Waals surface area contributed by atoms with Gasteiger partial charge in [-0.25, -0.2) is 0 Å². The predicted octanol–water partition coefficient (Wildman–Crippen LogP) is 3.93. The molecule has 1 aliphatic heterocycles. The van der Waals surface area contributed by atoms with Crippen molar-refractivity contribution in [1.29, 1.82) is 0 Å². The van der Waals surface area contributed by atoms with Crippen LogP contribution in [0.5, 0.6) is 5.75 Å². The van der Waals surface area contributed by atoms with Crippen LogP contribution in [-0.4, -0.2) is 62.1 Å². The third kappa shape index (κ3) is 6.32. The Morgan fingerprint density at radius 3 is 2.52 bits per heavy atom. The van der Waals surface area contributed by atoms with Gasteiger partial charge in [0, 0.05) is 43.8 Å². The molecular formula is C23H28ClN3O2. The predicted molar refractivity (Wildman–Crippen MR) is 120 cm³/mol. The number of benzene rings is 2. The molecule has 5 nitrogen and oxygen atoms in total. The van der Waals surface area contributed by atoms with Crippen LogP contribution < -0.4 is 10.1 Å². The minimum Gasteiger partial charge on any atom is -0.495 e. The van der Waals surface area contributed by atoms with Crippen LogP contribution in [0, 0.1) is 6.92 Å². The maximum Gasteiger partial charge on any atom is 0.238 e. The van der Waals surface area contributed by atoms with Gasteiger partial charge in [-0.1, -0.05) is 54.1 Å². The highest BCUT2D eigenvalue weighted by atomic mass is 35.5. The summed E-state index contributed by atoms with van der Waals surface area (Å²) in [5, 5.41) is 3.57. The number of piperazine rings is 1. The zero-order chi connectivity index (χ0) is 20.6. The zero-order valence-electron chi connectivity index (χ0n) is 17.0. The van der Waals surface area contributed by atoms with E-state index >= 15 is 0 Å². The molecule has 0 spiro atoms. The van der Waals surface area contributed by atoms with Crippen molar-refractivity contribution in [3.8, 4) is 5.75 Å². The van der Waals surface area contributed by atoms with E-state index in [0.717, 1.165) is 38.3 Å². The van der Waals surface area contributed by atoms with Crippen LogP contribution in [0.25, 0.3) is 6.08 Å². The van der Waals surface area contributed by atoms with Gasteiger partial charge in [-0.3, -0.25) is 14.6 Å². The van der Waals surface area contributed by atoms with Crippen LogP contribution in [0.3, 0.4) is 0 Å². The van der Waals surface area contributed by atoms with E-state index in [1.807, 2.05) is 31.2 Å². The number of methoxy groups -OCH3 is 1. The van der Waals surface area contributed by atoms with Crippen molar-refractivity contribution in [3.05, 3.63) is 64.7 Å². The number of amides is 1. The SMILES string of the molecule is COc1cc(Cl)c(C)cc1NC(=O)CN1CCN(CC=Cc2ccccc2)CC1. The summed E-state index contributed by atoms with van der Waals surface area (Å²) in [7, 11) is 1.57. The lowest BCUT2D eigenvalue weighted by Gasteiger charge is -2.33. The second kappa shape index (κ2) is 10.4. The second-order valence-corrected chi connectivity index (χ2v) is 7.65. The van der Waals surface area contributed by atoms with Gasteiger partial charge < -0.3 is 10.1 Å². The van der Waals surface area contributed by atoms with E-state index in [9.17, 15) is 4.79 Å². The van der Waals surface area contributed by atoms with Crippen LogP contribution in [0.15, 0.2) is 48.5 Å². The van der Waals surface area contributed by atoms with Gasteiger partial charge >= 0.3 is 0 Å². The number of hydrogen-bond donors (Lipinski definition) is 1. The average molecular weight is 414 g/mol. The number of ether oxygens (including phenoxy) is 1. The van der Waals surface area contributed by atoms with Crippen molar-refractivity contribution < 1.29 is 9.53 Å². The largest absolute Gasteiger partial charge is 0.495 e. The summed E-state index contributed by atoms with van der Waals surface area (Å²) in [5.74, 6) is 0.534. The summed E-state index contributed by atoms with van der Waals surface area (Å²) in [6, 6.07) is 13.9. The zero-order valence-corrected chi connectivity index (χ0v) is 17.8. The Morgan fingerprint density at radius 2 is 1.83 bits per heavy atom. The molecule has 3 rings (SSSR count). The summed E-state index contributed by atoms with van der Waals surface area (Å²) >= 11 is 6.13. The van der Waals surface area contributed by atoms with Gasteiger partial charge in [-0.2, -0.15) is 0 Å². The van der Waals surface area contributed by atoms with E-state index in [-0.39, 0.29) is 5.91 Å². The normalized spacial score (nSPS) is 15.6. The molecule has 29 heavy (non-hydrogen) atoms. The van der Waals surface area contributed by atoms with Gasteiger partial charge in [-0.05, 0) is 24.1 Å². The summed E-state index contributed by atoms with van der Waals surface area (Å²) in [6.45, 7) is 6.87. The van der Waals surface area contributed by atoms with Gasteiger partial charge in [0.05, 0.1) is 19.3 Å².